The molecular weight excluding hydrogens is 248 g/mol. The van der Waals surface area contributed by atoms with Crippen LogP contribution in [0.5, 0.6) is 0 Å². The van der Waals surface area contributed by atoms with E-state index in [4.69, 9.17) is 4.98 Å². The summed E-state index contributed by atoms with van der Waals surface area (Å²) in [5.74, 6) is 1.77. The first-order chi connectivity index (χ1) is 9.65. The van der Waals surface area contributed by atoms with Crippen LogP contribution in [0.15, 0.2) is 24.3 Å². The number of benzene rings is 1. The molecule has 2 aromatic rings. The Hall–Kier alpha value is -1.55. The Morgan fingerprint density at radius 1 is 1.10 bits per heavy atom. The van der Waals surface area contributed by atoms with Crippen LogP contribution in [0.2, 0.25) is 0 Å². The molecule has 0 amide bonds. The SMILES string of the molecule is CC(C)Cn1c(N2CCN(C)CC2)nc2ccccc21. The topological polar surface area (TPSA) is 24.3 Å². The van der Waals surface area contributed by atoms with E-state index in [9.17, 15) is 0 Å². The third-order valence-electron chi connectivity index (χ3n) is 3.97. The van der Waals surface area contributed by atoms with Crippen molar-refractivity contribution in [2.24, 2.45) is 5.92 Å². The van der Waals surface area contributed by atoms with Crippen LogP contribution < -0.4 is 4.90 Å². The van der Waals surface area contributed by atoms with E-state index in [1.807, 2.05) is 0 Å². The van der Waals surface area contributed by atoms with Crippen LogP contribution in [-0.2, 0) is 6.54 Å². The molecule has 20 heavy (non-hydrogen) atoms. The van der Waals surface area contributed by atoms with Crippen molar-refractivity contribution in [1.29, 1.82) is 0 Å². The second kappa shape index (κ2) is 5.44. The van der Waals surface area contributed by atoms with Gasteiger partial charge in [-0.05, 0) is 25.1 Å². The van der Waals surface area contributed by atoms with E-state index in [-0.39, 0.29) is 0 Å². The number of hydrogen-bond acceptors (Lipinski definition) is 3. The number of fused-ring (bicyclic) bond motifs is 1. The van der Waals surface area contributed by atoms with E-state index in [0.717, 1.165) is 44.2 Å². The van der Waals surface area contributed by atoms with E-state index >= 15 is 0 Å². The lowest BCUT2D eigenvalue weighted by atomic mass is 10.2. The molecule has 0 bridgehead atoms. The Balaban J connectivity index is 2.00. The van der Waals surface area contributed by atoms with E-state index < -0.39 is 0 Å². The van der Waals surface area contributed by atoms with Crippen LogP contribution in [-0.4, -0.2) is 47.7 Å². The number of para-hydroxylation sites is 2. The van der Waals surface area contributed by atoms with E-state index in [1.165, 1.54) is 5.52 Å². The maximum Gasteiger partial charge on any atom is 0.206 e. The standard InChI is InChI=1S/C16H24N4/c1-13(2)12-20-15-7-5-4-6-14(15)17-16(20)19-10-8-18(3)9-11-19/h4-7,13H,8-12H2,1-3H3. The molecule has 1 aromatic heterocycles. The van der Waals surface area contributed by atoms with Gasteiger partial charge in [-0.15, -0.1) is 0 Å². The van der Waals surface area contributed by atoms with Gasteiger partial charge in [0.25, 0.3) is 0 Å². The first kappa shape index (κ1) is 13.4. The molecule has 0 unspecified atom stereocenters. The van der Waals surface area contributed by atoms with Crippen molar-refractivity contribution in [3.63, 3.8) is 0 Å². The molecule has 4 nitrogen and oxygen atoms in total. The number of piperazine rings is 1. The highest BCUT2D eigenvalue weighted by Gasteiger charge is 2.20. The zero-order valence-electron chi connectivity index (χ0n) is 12.7. The Kier molecular flexibility index (Phi) is 3.66. The lowest BCUT2D eigenvalue weighted by Gasteiger charge is -2.33. The van der Waals surface area contributed by atoms with Crippen molar-refractivity contribution in [2.75, 3.05) is 38.1 Å². The normalized spacial score (nSPS) is 17.3. The van der Waals surface area contributed by atoms with E-state index in [0.29, 0.717) is 5.92 Å². The third-order valence-corrected chi connectivity index (χ3v) is 3.97. The average Bonchev–Trinajstić information content (AvgIpc) is 2.78. The smallest absolute Gasteiger partial charge is 0.206 e. The van der Waals surface area contributed by atoms with Crippen LogP contribution in [0.25, 0.3) is 11.0 Å². The van der Waals surface area contributed by atoms with Gasteiger partial charge < -0.3 is 14.4 Å². The minimum Gasteiger partial charge on any atom is -0.340 e. The van der Waals surface area contributed by atoms with E-state index in [1.54, 1.807) is 0 Å². The second-order valence-electron chi connectivity index (χ2n) is 6.20. The summed E-state index contributed by atoms with van der Waals surface area (Å²) in [5.41, 5.74) is 2.37. The summed E-state index contributed by atoms with van der Waals surface area (Å²) in [6, 6.07) is 8.48. The Labute approximate surface area is 121 Å². The number of likely N-dealkylation sites (N-methyl/N-ethyl adjacent to an activating group) is 1. The fraction of sp³-hybridized carbons (Fsp3) is 0.562. The summed E-state index contributed by atoms with van der Waals surface area (Å²) in [4.78, 5) is 9.70. The van der Waals surface area contributed by atoms with Gasteiger partial charge in [0, 0.05) is 32.7 Å². The molecule has 0 atom stereocenters. The highest BCUT2D eigenvalue weighted by molar-refractivity contribution is 5.78. The molecule has 1 aliphatic rings. The first-order valence-electron chi connectivity index (χ1n) is 7.54. The second-order valence-corrected chi connectivity index (χ2v) is 6.20. The van der Waals surface area contributed by atoms with Gasteiger partial charge in [-0.1, -0.05) is 26.0 Å². The monoisotopic (exact) mass is 272 g/mol. The number of nitrogens with zero attached hydrogens (tertiary/aromatic N) is 4. The minimum atomic E-state index is 0.624. The predicted octanol–water partition coefficient (Wildman–Crippen LogP) is 2.44. The fourth-order valence-corrected chi connectivity index (χ4v) is 2.86. The van der Waals surface area contributed by atoms with Crippen molar-refractivity contribution >= 4 is 17.0 Å². The van der Waals surface area contributed by atoms with Crippen molar-refractivity contribution < 1.29 is 0 Å². The van der Waals surface area contributed by atoms with Gasteiger partial charge >= 0.3 is 0 Å². The Bertz CT molecular complexity index is 579. The quantitative estimate of drug-likeness (QED) is 0.858. The lowest BCUT2D eigenvalue weighted by molar-refractivity contribution is 0.309. The van der Waals surface area contributed by atoms with Crippen LogP contribution in [0.4, 0.5) is 5.95 Å². The van der Waals surface area contributed by atoms with Crippen molar-refractivity contribution in [1.82, 2.24) is 14.5 Å². The molecule has 3 rings (SSSR count). The van der Waals surface area contributed by atoms with Crippen molar-refractivity contribution in [3.8, 4) is 0 Å². The molecule has 2 heterocycles. The van der Waals surface area contributed by atoms with Gasteiger partial charge in [0.2, 0.25) is 5.95 Å². The average molecular weight is 272 g/mol. The molecule has 0 N–H and O–H groups in total. The molecule has 4 heteroatoms. The van der Waals surface area contributed by atoms with Crippen LogP contribution >= 0.6 is 0 Å². The Morgan fingerprint density at radius 2 is 1.80 bits per heavy atom. The summed E-state index contributed by atoms with van der Waals surface area (Å²) < 4.78 is 2.39. The molecular formula is C16H24N4. The Morgan fingerprint density at radius 3 is 2.50 bits per heavy atom. The number of rotatable bonds is 3. The summed E-state index contributed by atoms with van der Waals surface area (Å²) in [6.45, 7) is 9.93. The zero-order valence-corrected chi connectivity index (χ0v) is 12.7. The first-order valence-corrected chi connectivity index (χ1v) is 7.54. The van der Waals surface area contributed by atoms with E-state index in [2.05, 4.69) is 59.5 Å². The molecule has 0 radical (unpaired) electrons. The van der Waals surface area contributed by atoms with Gasteiger partial charge in [0.1, 0.15) is 0 Å². The zero-order chi connectivity index (χ0) is 14.1. The molecule has 1 aliphatic heterocycles. The van der Waals surface area contributed by atoms with Gasteiger partial charge in [-0.25, -0.2) is 4.98 Å². The minimum absolute atomic E-state index is 0.624. The summed E-state index contributed by atoms with van der Waals surface area (Å²) in [5, 5.41) is 0. The lowest BCUT2D eigenvalue weighted by Crippen LogP contribution is -2.45. The molecule has 1 aromatic carbocycles. The van der Waals surface area contributed by atoms with Gasteiger partial charge in [-0.3, -0.25) is 0 Å². The largest absolute Gasteiger partial charge is 0.340 e. The summed E-state index contributed by atoms with van der Waals surface area (Å²) in [7, 11) is 2.19. The molecule has 1 fully saturated rings. The molecule has 108 valence electrons. The summed E-state index contributed by atoms with van der Waals surface area (Å²) in [6.07, 6.45) is 0. The van der Waals surface area contributed by atoms with Crippen molar-refractivity contribution in [3.05, 3.63) is 24.3 Å². The number of imidazole rings is 1. The van der Waals surface area contributed by atoms with Gasteiger partial charge in [0.15, 0.2) is 0 Å². The molecule has 1 saturated heterocycles. The molecule has 0 aliphatic carbocycles. The molecule has 0 saturated carbocycles. The third kappa shape index (κ3) is 2.52. The van der Waals surface area contributed by atoms with Crippen LogP contribution in [0.1, 0.15) is 13.8 Å². The van der Waals surface area contributed by atoms with Crippen LogP contribution in [0.3, 0.4) is 0 Å². The maximum atomic E-state index is 4.88. The molecule has 0 spiro atoms. The number of anilines is 1. The van der Waals surface area contributed by atoms with Crippen LogP contribution in [0, 0.1) is 5.92 Å². The summed E-state index contributed by atoms with van der Waals surface area (Å²) >= 11 is 0. The fourth-order valence-electron chi connectivity index (χ4n) is 2.86. The van der Waals surface area contributed by atoms with Gasteiger partial charge in [-0.2, -0.15) is 0 Å². The van der Waals surface area contributed by atoms with Crippen molar-refractivity contribution in [2.45, 2.75) is 20.4 Å². The number of hydrogen-bond donors (Lipinski definition) is 0. The highest BCUT2D eigenvalue weighted by Crippen LogP contribution is 2.24. The highest BCUT2D eigenvalue weighted by atomic mass is 15.3. The predicted molar refractivity (Wildman–Crippen MR) is 84.3 cm³/mol. The van der Waals surface area contributed by atoms with Gasteiger partial charge in [0.05, 0.1) is 11.0 Å². The number of aromatic nitrogens is 2. The maximum absolute atomic E-state index is 4.88.